The van der Waals surface area contributed by atoms with Gasteiger partial charge in [0.25, 0.3) is 0 Å². The van der Waals surface area contributed by atoms with E-state index in [0.29, 0.717) is 0 Å². The first-order chi connectivity index (χ1) is 7.99. The molecule has 1 aromatic rings. The molecule has 1 N–H and O–H groups in total. The Bertz CT molecular complexity index is 508. The van der Waals surface area contributed by atoms with Crippen molar-refractivity contribution in [3.05, 3.63) is 27.2 Å². The lowest BCUT2D eigenvalue weighted by molar-refractivity contribution is -0.192. The first-order valence-electron chi connectivity index (χ1n) is 4.12. The van der Waals surface area contributed by atoms with Crippen LogP contribution in [0.3, 0.4) is 0 Å². The fourth-order valence-electron chi connectivity index (χ4n) is 1.03. The minimum absolute atomic E-state index is 0.151. The van der Waals surface area contributed by atoms with Crippen LogP contribution in [-0.4, -0.2) is 11.9 Å². The highest BCUT2D eigenvalue weighted by Crippen LogP contribution is 2.34. The quantitative estimate of drug-likeness (QED) is 0.630. The van der Waals surface area contributed by atoms with E-state index < -0.39 is 11.9 Å². The molecule has 9 heteroatoms. The predicted molar refractivity (Wildman–Crippen MR) is 59.3 cm³/mol. The van der Waals surface area contributed by atoms with Crippen LogP contribution in [-0.2, 0) is 19.3 Å². The first-order valence-corrected chi connectivity index (χ1v) is 5.26. The summed E-state index contributed by atoms with van der Waals surface area (Å²) in [6.07, 6.45) is 0. The van der Waals surface area contributed by atoms with Crippen molar-refractivity contribution in [2.45, 2.75) is 0 Å². The maximum absolute atomic E-state index is 11.0. The number of hydrazine groups is 1. The molecular formula is C8H3Cl3N2O4. The highest BCUT2D eigenvalue weighted by atomic mass is 35.5. The second-order valence-electron chi connectivity index (χ2n) is 2.87. The summed E-state index contributed by atoms with van der Waals surface area (Å²) in [5.41, 5.74) is 2.23. The van der Waals surface area contributed by atoms with E-state index in [1.165, 1.54) is 12.1 Å². The van der Waals surface area contributed by atoms with Crippen LogP contribution in [0.4, 0.5) is 5.69 Å². The molecule has 0 saturated carbocycles. The van der Waals surface area contributed by atoms with E-state index in [-0.39, 0.29) is 20.8 Å². The maximum atomic E-state index is 11.0. The number of carbonyl (C=O) groups excluding carboxylic acids is 2. The normalized spacial score (nSPS) is 15.6. The second-order valence-corrected chi connectivity index (χ2v) is 4.09. The Hall–Kier alpha value is -1.21. The lowest BCUT2D eigenvalue weighted by Gasteiger charge is -2.26. The standard InChI is InChI=1S/C8H3Cl3N2O4/c9-3-1-5(11)6(2-4(3)10)13-12-16-7(14)8(15)17-13/h1-2,12H. The molecule has 0 aromatic heterocycles. The molecule has 0 unspecified atom stereocenters. The Labute approximate surface area is 110 Å². The molecule has 0 bridgehead atoms. The van der Waals surface area contributed by atoms with Crippen LogP contribution in [0.1, 0.15) is 0 Å². The number of halogens is 3. The topological polar surface area (TPSA) is 67.9 Å². The van der Waals surface area contributed by atoms with Gasteiger partial charge in [-0.1, -0.05) is 40.0 Å². The van der Waals surface area contributed by atoms with E-state index in [0.717, 1.165) is 5.17 Å². The molecule has 1 aromatic carbocycles. The van der Waals surface area contributed by atoms with Gasteiger partial charge in [-0.3, -0.25) is 0 Å². The van der Waals surface area contributed by atoms with Crippen molar-refractivity contribution < 1.29 is 19.3 Å². The fourth-order valence-corrected chi connectivity index (χ4v) is 1.65. The zero-order valence-corrected chi connectivity index (χ0v) is 10.1. The lowest BCUT2D eigenvalue weighted by Crippen LogP contribution is -2.49. The summed E-state index contributed by atoms with van der Waals surface area (Å²) in [7, 11) is 0. The average Bonchev–Trinajstić information content (AvgIpc) is 2.27. The number of carbonyl (C=O) groups is 2. The highest BCUT2D eigenvalue weighted by molar-refractivity contribution is 6.44. The number of nitrogens with one attached hydrogen (secondary N) is 1. The van der Waals surface area contributed by atoms with Crippen molar-refractivity contribution >= 4 is 52.4 Å². The highest BCUT2D eigenvalue weighted by Gasteiger charge is 2.30. The average molecular weight is 297 g/mol. The van der Waals surface area contributed by atoms with E-state index in [2.05, 4.69) is 15.3 Å². The number of hydrogen-bond acceptors (Lipinski definition) is 6. The number of nitrogens with zero attached hydrogens (tertiary/aromatic N) is 1. The number of hydrogen-bond donors (Lipinski definition) is 1. The molecule has 0 radical (unpaired) electrons. The Morgan fingerprint density at radius 3 is 2.29 bits per heavy atom. The molecule has 90 valence electrons. The van der Waals surface area contributed by atoms with Gasteiger partial charge in [-0.15, -0.1) is 0 Å². The minimum atomic E-state index is -1.19. The summed E-state index contributed by atoms with van der Waals surface area (Å²) < 4.78 is 0. The van der Waals surface area contributed by atoms with Crippen molar-refractivity contribution in [2.75, 3.05) is 5.17 Å². The smallest absolute Gasteiger partial charge is 0.338 e. The molecule has 1 saturated heterocycles. The van der Waals surface area contributed by atoms with E-state index >= 15 is 0 Å². The van der Waals surface area contributed by atoms with Crippen LogP contribution >= 0.6 is 34.8 Å². The third-order valence-electron chi connectivity index (χ3n) is 1.77. The largest absolute Gasteiger partial charge is 0.444 e. The Morgan fingerprint density at radius 2 is 1.65 bits per heavy atom. The van der Waals surface area contributed by atoms with E-state index in [9.17, 15) is 9.59 Å². The van der Waals surface area contributed by atoms with Gasteiger partial charge in [-0.25, -0.2) is 9.59 Å². The third kappa shape index (κ3) is 2.39. The zero-order chi connectivity index (χ0) is 12.6. The van der Waals surface area contributed by atoms with Crippen molar-refractivity contribution in [3.63, 3.8) is 0 Å². The molecule has 0 spiro atoms. The first kappa shape index (κ1) is 12.3. The molecule has 1 heterocycles. The summed E-state index contributed by atoms with van der Waals surface area (Å²) in [5.74, 6) is -2.36. The van der Waals surface area contributed by atoms with Crippen LogP contribution in [0, 0.1) is 0 Å². The zero-order valence-electron chi connectivity index (χ0n) is 7.87. The SMILES string of the molecule is O=C1ONN(c2cc(Cl)c(Cl)cc2Cl)OC1=O. The summed E-state index contributed by atoms with van der Waals surface area (Å²) in [6, 6.07) is 2.69. The van der Waals surface area contributed by atoms with E-state index in [1.54, 1.807) is 0 Å². The molecule has 2 rings (SSSR count). The van der Waals surface area contributed by atoms with Crippen LogP contribution in [0.5, 0.6) is 0 Å². The van der Waals surface area contributed by atoms with Gasteiger partial charge in [-0.05, 0) is 17.7 Å². The molecule has 1 aliphatic rings. The summed E-state index contributed by atoms with van der Waals surface area (Å²) in [4.78, 5) is 30.6. The minimum Gasteiger partial charge on any atom is -0.338 e. The molecule has 0 aliphatic carbocycles. The van der Waals surface area contributed by atoms with Gasteiger partial charge in [0.1, 0.15) is 5.69 Å². The van der Waals surface area contributed by atoms with Gasteiger partial charge < -0.3 is 9.68 Å². The number of anilines is 1. The fraction of sp³-hybridized carbons (Fsp3) is 0. The van der Waals surface area contributed by atoms with Gasteiger partial charge >= 0.3 is 11.9 Å². The van der Waals surface area contributed by atoms with Gasteiger partial charge in [0.2, 0.25) is 0 Å². The van der Waals surface area contributed by atoms with Crippen molar-refractivity contribution in [1.29, 1.82) is 0 Å². The van der Waals surface area contributed by atoms with Crippen molar-refractivity contribution in [3.8, 4) is 0 Å². The predicted octanol–water partition coefficient (Wildman–Crippen LogP) is 1.89. The molecule has 0 atom stereocenters. The van der Waals surface area contributed by atoms with Gasteiger partial charge in [0, 0.05) is 0 Å². The second kappa shape index (κ2) is 4.58. The van der Waals surface area contributed by atoms with Gasteiger partial charge in [-0.2, -0.15) is 0 Å². The molecule has 6 nitrogen and oxygen atoms in total. The van der Waals surface area contributed by atoms with Crippen LogP contribution in [0.25, 0.3) is 0 Å². The van der Waals surface area contributed by atoms with E-state index in [1.807, 2.05) is 0 Å². The summed E-state index contributed by atoms with van der Waals surface area (Å²) >= 11 is 17.4. The lowest BCUT2D eigenvalue weighted by atomic mass is 10.3. The van der Waals surface area contributed by atoms with Gasteiger partial charge in [0.05, 0.1) is 15.1 Å². The Balaban J connectivity index is 2.32. The van der Waals surface area contributed by atoms with E-state index in [4.69, 9.17) is 34.8 Å². The number of rotatable bonds is 1. The monoisotopic (exact) mass is 296 g/mol. The molecule has 1 fully saturated rings. The molecule has 17 heavy (non-hydrogen) atoms. The maximum Gasteiger partial charge on any atom is 0.444 e. The Morgan fingerprint density at radius 1 is 1.00 bits per heavy atom. The van der Waals surface area contributed by atoms with Crippen LogP contribution < -0.4 is 10.8 Å². The van der Waals surface area contributed by atoms with Gasteiger partial charge in [0.15, 0.2) is 0 Å². The molecular weight excluding hydrogens is 294 g/mol. The Kier molecular flexibility index (Phi) is 3.30. The third-order valence-corrected chi connectivity index (χ3v) is 2.80. The molecule has 0 amide bonds. The van der Waals surface area contributed by atoms with Crippen LogP contribution in [0.2, 0.25) is 15.1 Å². The molecule has 1 aliphatic heterocycles. The van der Waals surface area contributed by atoms with Crippen LogP contribution in [0.15, 0.2) is 12.1 Å². The van der Waals surface area contributed by atoms with Crippen molar-refractivity contribution in [1.82, 2.24) is 5.59 Å². The number of benzene rings is 1. The van der Waals surface area contributed by atoms with Crippen molar-refractivity contribution in [2.24, 2.45) is 0 Å². The summed E-state index contributed by atoms with van der Waals surface area (Å²) in [5, 5.41) is 1.34. The summed E-state index contributed by atoms with van der Waals surface area (Å²) in [6.45, 7) is 0.